The topological polar surface area (TPSA) is 40.5 Å². The fraction of sp³-hybridized carbons (Fsp3) is 0.125. The fourth-order valence-electron chi connectivity index (χ4n) is 3.60. The second-order valence-electron chi connectivity index (χ2n) is 6.86. The molecule has 1 unspecified atom stereocenters. The molecule has 27 heavy (non-hydrogen) atoms. The van der Waals surface area contributed by atoms with E-state index in [0.717, 1.165) is 22.3 Å². The van der Waals surface area contributed by atoms with Crippen LogP contribution >= 0.6 is 0 Å². The van der Waals surface area contributed by atoms with Crippen LogP contribution in [0.1, 0.15) is 28.3 Å². The van der Waals surface area contributed by atoms with Gasteiger partial charge in [0.05, 0.1) is 6.04 Å². The Morgan fingerprint density at radius 2 is 1.44 bits per heavy atom. The number of nitrogens with zero attached hydrogens (tertiary/aromatic N) is 1. The maximum Gasteiger partial charge on any atom is 0.290 e. The Balaban J connectivity index is 1.81. The number of aryl methyl sites for hydroxylation is 1. The molecule has 0 saturated heterocycles. The van der Waals surface area contributed by atoms with Crippen LogP contribution in [0.25, 0.3) is 5.57 Å². The third-order valence-electron chi connectivity index (χ3n) is 4.98. The summed E-state index contributed by atoms with van der Waals surface area (Å²) in [6.07, 6.45) is 0. The first-order valence-electron chi connectivity index (χ1n) is 9.05. The van der Waals surface area contributed by atoms with Gasteiger partial charge >= 0.3 is 0 Å². The molecule has 1 heterocycles. The summed E-state index contributed by atoms with van der Waals surface area (Å²) in [5, 5.41) is 10.7. The lowest BCUT2D eigenvalue weighted by molar-refractivity contribution is -0.130. The Hall–Kier alpha value is -3.33. The highest BCUT2D eigenvalue weighted by Crippen LogP contribution is 2.43. The minimum absolute atomic E-state index is 0.164. The number of rotatable bonds is 4. The molecule has 0 fully saturated rings. The maximum atomic E-state index is 13.0. The van der Waals surface area contributed by atoms with Gasteiger partial charge in [-0.25, -0.2) is 0 Å². The van der Waals surface area contributed by atoms with Crippen molar-refractivity contribution in [2.75, 3.05) is 0 Å². The Kier molecular flexibility index (Phi) is 4.51. The smallest absolute Gasteiger partial charge is 0.290 e. The normalized spacial score (nSPS) is 16.9. The minimum Gasteiger partial charge on any atom is -0.503 e. The van der Waals surface area contributed by atoms with Crippen LogP contribution in [0.3, 0.4) is 0 Å². The average molecular weight is 355 g/mol. The summed E-state index contributed by atoms with van der Waals surface area (Å²) >= 11 is 0. The predicted octanol–water partition coefficient (Wildman–Crippen LogP) is 5.05. The molecule has 0 radical (unpaired) electrons. The van der Waals surface area contributed by atoms with Crippen molar-refractivity contribution in [1.29, 1.82) is 0 Å². The molecule has 134 valence electrons. The van der Waals surface area contributed by atoms with Crippen LogP contribution in [0.5, 0.6) is 0 Å². The van der Waals surface area contributed by atoms with Crippen molar-refractivity contribution in [3.63, 3.8) is 0 Å². The van der Waals surface area contributed by atoms with E-state index in [2.05, 4.69) is 0 Å². The lowest BCUT2D eigenvalue weighted by atomic mass is 9.93. The number of amides is 1. The van der Waals surface area contributed by atoms with Crippen LogP contribution in [0, 0.1) is 6.92 Å². The van der Waals surface area contributed by atoms with E-state index in [1.807, 2.05) is 91.9 Å². The molecule has 1 atom stereocenters. The number of carbonyl (C=O) groups is 1. The number of aliphatic hydroxyl groups excluding tert-OH is 1. The van der Waals surface area contributed by atoms with E-state index in [0.29, 0.717) is 12.1 Å². The summed E-state index contributed by atoms with van der Waals surface area (Å²) in [5.41, 5.74) is 4.72. The Bertz CT molecular complexity index is 976. The zero-order valence-corrected chi connectivity index (χ0v) is 15.2. The molecule has 3 aromatic rings. The van der Waals surface area contributed by atoms with Crippen molar-refractivity contribution in [2.24, 2.45) is 0 Å². The van der Waals surface area contributed by atoms with Gasteiger partial charge in [-0.2, -0.15) is 0 Å². The molecular weight excluding hydrogens is 334 g/mol. The van der Waals surface area contributed by atoms with Crippen molar-refractivity contribution < 1.29 is 9.90 Å². The average Bonchev–Trinajstić information content (AvgIpc) is 2.95. The quantitative estimate of drug-likeness (QED) is 0.711. The van der Waals surface area contributed by atoms with Gasteiger partial charge in [0.25, 0.3) is 5.91 Å². The van der Waals surface area contributed by atoms with Gasteiger partial charge in [-0.05, 0) is 23.6 Å². The Labute approximate surface area is 159 Å². The van der Waals surface area contributed by atoms with Crippen LogP contribution in [0.4, 0.5) is 0 Å². The van der Waals surface area contributed by atoms with E-state index in [1.54, 1.807) is 4.90 Å². The summed E-state index contributed by atoms with van der Waals surface area (Å²) < 4.78 is 0. The molecule has 1 amide bonds. The van der Waals surface area contributed by atoms with Gasteiger partial charge in [-0.1, -0.05) is 90.5 Å². The predicted molar refractivity (Wildman–Crippen MR) is 107 cm³/mol. The molecule has 1 N–H and O–H groups in total. The number of hydrogen-bond acceptors (Lipinski definition) is 2. The van der Waals surface area contributed by atoms with Gasteiger partial charge in [0.2, 0.25) is 0 Å². The zero-order valence-electron chi connectivity index (χ0n) is 15.2. The monoisotopic (exact) mass is 355 g/mol. The first-order chi connectivity index (χ1) is 13.1. The van der Waals surface area contributed by atoms with E-state index >= 15 is 0 Å². The molecular formula is C24H21NO2. The molecule has 0 aliphatic carbocycles. The zero-order chi connectivity index (χ0) is 18.8. The SMILES string of the molecule is Cc1ccc(C2C(c3ccccc3)=C(O)C(=O)N2Cc2ccccc2)cc1. The van der Waals surface area contributed by atoms with Gasteiger partial charge in [0.1, 0.15) is 0 Å². The van der Waals surface area contributed by atoms with E-state index in [-0.39, 0.29) is 17.7 Å². The first kappa shape index (κ1) is 17.1. The summed E-state index contributed by atoms with van der Waals surface area (Å²) in [4.78, 5) is 14.7. The summed E-state index contributed by atoms with van der Waals surface area (Å²) in [6, 6.07) is 27.4. The molecule has 1 aliphatic heterocycles. The second kappa shape index (κ2) is 7.12. The summed E-state index contributed by atoms with van der Waals surface area (Å²) in [7, 11) is 0. The Morgan fingerprint density at radius 1 is 0.852 bits per heavy atom. The van der Waals surface area contributed by atoms with E-state index in [4.69, 9.17) is 0 Å². The van der Waals surface area contributed by atoms with Crippen molar-refractivity contribution in [3.05, 3.63) is 113 Å². The molecule has 0 saturated carbocycles. The van der Waals surface area contributed by atoms with E-state index in [9.17, 15) is 9.90 Å². The molecule has 0 aromatic heterocycles. The highest BCUT2D eigenvalue weighted by molar-refractivity contribution is 6.05. The highest BCUT2D eigenvalue weighted by atomic mass is 16.3. The molecule has 3 heteroatoms. The fourth-order valence-corrected chi connectivity index (χ4v) is 3.60. The van der Waals surface area contributed by atoms with Crippen molar-refractivity contribution >= 4 is 11.5 Å². The molecule has 0 spiro atoms. The number of aliphatic hydroxyl groups is 1. The van der Waals surface area contributed by atoms with E-state index in [1.165, 1.54) is 0 Å². The Morgan fingerprint density at radius 3 is 2.07 bits per heavy atom. The minimum atomic E-state index is -0.330. The van der Waals surface area contributed by atoms with Crippen LogP contribution < -0.4 is 0 Å². The van der Waals surface area contributed by atoms with Crippen molar-refractivity contribution in [2.45, 2.75) is 19.5 Å². The van der Waals surface area contributed by atoms with Gasteiger partial charge < -0.3 is 10.0 Å². The number of hydrogen-bond donors (Lipinski definition) is 1. The van der Waals surface area contributed by atoms with Crippen molar-refractivity contribution in [3.8, 4) is 0 Å². The molecule has 0 bridgehead atoms. The van der Waals surface area contributed by atoms with Crippen LogP contribution in [-0.4, -0.2) is 15.9 Å². The standard InChI is InChI=1S/C24H21NO2/c1-17-12-14-20(15-13-17)22-21(19-10-6-3-7-11-19)23(26)24(27)25(22)16-18-8-4-2-5-9-18/h2-15,22,26H,16H2,1H3. The molecule has 1 aliphatic rings. The third-order valence-corrected chi connectivity index (χ3v) is 4.98. The second-order valence-corrected chi connectivity index (χ2v) is 6.86. The number of carbonyl (C=O) groups excluding carboxylic acids is 1. The van der Waals surface area contributed by atoms with E-state index < -0.39 is 0 Å². The van der Waals surface area contributed by atoms with Gasteiger partial charge in [0.15, 0.2) is 5.76 Å². The van der Waals surface area contributed by atoms with Gasteiger partial charge in [-0.3, -0.25) is 4.79 Å². The molecule has 3 aromatic carbocycles. The highest BCUT2D eigenvalue weighted by Gasteiger charge is 2.40. The van der Waals surface area contributed by atoms with Gasteiger partial charge in [0, 0.05) is 12.1 Å². The largest absolute Gasteiger partial charge is 0.503 e. The van der Waals surface area contributed by atoms with Crippen molar-refractivity contribution in [1.82, 2.24) is 4.90 Å². The summed E-state index contributed by atoms with van der Waals surface area (Å²) in [6.45, 7) is 2.48. The van der Waals surface area contributed by atoms with Crippen LogP contribution in [0.15, 0.2) is 90.7 Å². The maximum absolute atomic E-state index is 13.0. The molecule has 3 nitrogen and oxygen atoms in total. The van der Waals surface area contributed by atoms with Crippen LogP contribution in [-0.2, 0) is 11.3 Å². The van der Waals surface area contributed by atoms with Crippen LogP contribution in [0.2, 0.25) is 0 Å². The number of benzene rings is 3. The summed E-state index contributed by atoms with van der Waals surface area (Å²) in [5.74, 6) is -0.494. The third kappa shape index (κ3) is 3.24. The first-order valence-corrected chi connectivity index (χ1v) is 9.05. The van der Waals surface area contributed by atoms with Gasteiger partial charge in [-0.15, -0.1) is 0 Å². The lowest BCUT2D eigenvalue weighted by Gasteiger charge is -2.27. The lowest BCUT2D eigenvalue weighted by Crippen LogP contribution is -2.29. The molecule has 4 rings (SSSR count).